The van der Waals surface area contributed by atoms with Crippen molar-refractivity contribution in [2.45, 2.75) is 39.7 Å². The minimum atomic E-state index is -0.362. The van der Waals surface area contributed by atoms with E-state index < -0.39 is 0 Å². The van der Waals surface area contributed by atoms with Crippen molar-refractivity contribution in [1.82, 2.24) is 10.2 Å². The predicted octanol–water partition coefficient (Wildman–Crippen LogP) is 3.03. The number of piperidine rings is 1. The van der Waals surface area contributed by atoms with Crippen molar-refractivity contribution in [1.29, 1.82) is 0 Å². The van der Waals surface area contributed by atoms with E-state index in [4.69, 9.17) is 21.7 Å². The SMILES string of the molecule is COc1ccc(NC(=S)N2CCC(NC(=O)C(C)(C)C)CC2)c(OC)c1. The highest BCUT2D eigenvalue weighted by Gasteiger charge is 2.27. The quantitative estimate of drug-likeness (QED) is 0.784. The zero-order chi connectivity index (χ0) is 19.3. The molecule has 0 radical (unpaired) electrons. The molecular formula is C19H29N3O3S. The van der Waals surface area contributed by atoms with Crippen LogP contribution in [0.15, 0.2) is 18.2 Å². The monoisotopic (exact) mass is 379 g/mol. The fraction of sp³-hybridized carbons (Fsp3) is 0.579. The summed E-state index contributed by atoms with van der Waals surface area (Å²) in [6, 6.07) is 5.78. The maximum atomic E-state index is 12.1. The zero-order valence-corrected chi connectivity index (χ0v) is 17.0. The second kappa shape index (κ2) is 8.58. The molecule has 0 unspecified atom stereocenters. The molecule has 0 atom stereocenters. The van der Waals surface area contributed by atoms with Gasteiger partial charge in [-0.15, -0.1) is 0 Å². The minimum Gasteiger partial charge on any atom is -0.497 e. The van der Waals surface area contributed by atoms with Crippen LogP contribution in [0.1, 0.15) is 33.6 Å². The van der Waals surface area contributed by atoms with Crippen molar-refractivity contribution in [2.75, 3.05) is 32.6 Å². The number of likely N-dealkylation sites (tertiary alicyclic amines) is 1. The number of amides is 1. The number of hydrogen-bond acceptors (Lipinski definition) is 4. The maximum Gasteiger partial charge on any atom is 0.225 e. The summed E-state index contributed by atoms with van der Waals surface area (Å²) in [4.78, 5) is 14.2. The summed E-state index contributed by atoms with van der Waals surface area (Å²) < 4.78 is 10.6. The Morgan fingerprint density at radius 1 is 1.19 bits per heavy atom. The summed E-state index contributed by atoms with van der Waals surface area (Å²) in [5, 5.41) is 7.05. The van der Waals surface area contributed by atoms with E-state index in [0.29, 0.717) is 10.9 Å². The normalized spacial score (nSPS) is 15.3. The molecule has 1 fully saturated rings. The average Bonchev–Trinajstić information content (AvgIpc) is 2.61. The standard InChI is InChI=1S/C19H29N3O3S/c1-19(2,3)17(23)20-13-8-10-22(11-9-13)18(26)21-15-7-6-14(24-4)12-16(15)25-5/h6-7,12-13H,8-11H2,1-5H3,(H,20,23)(H,21,26). The second-order valence-corrected chi connectivity index (χ2v) is 7.87. The lowest BCUT2D eigenvalue weighted by molar-refractivity contribution is -0.129. The van der Waals surface area contributed by atoms with Gasteiger partial charge in [0, 0.05) is 30.6 Å². The van der Waals surface area contributed by atoms with Gasteiger partial charge >= 0.3 is 0 Å². The van der Waals surface area contributed by atoms with Crippen molar-refractivity contribution in [3.8, 4) is 11.5 Å². The van der Waals surface area contributed by atoms with Crippen molar-refractivity contribution in [3.05, 3.63) is 18.2 Å². The molecule has 1 aromatic carbocycles. The molecule has 7 heteroatoms. The Kier molecular flexibility index (Phi) is 6.69. The number of thiocarbonyl (C=S) groups is 1. The number of rotatable bonds is 4. The van der Waals surface area contributed by atoms with Crippen molar-refractivity contribution < 1.29 is 14.3 Å². The van der Waals surface area contributed by atoms with Crippen LogP contribution in [-0.4, -0.2) is 49.3 Å². The number of anilines is 1. The highest BCUT2D eigenvalue weighted by atomic mass is 32.1. The third-order valence-electron chi connectivity index (χ3n) is 4.45. The Labute approximate surface area is 161 Å². The minimum absolute atomic E-state index is 0.0969. The van der Waals surface area contributed by atoms with Crippen LogP contribution in [0.4, 0.5) is 5.69 Å². The summed E-state index contributed by atoms with van der Waals surface area (Å²) >= 11 is 5.55. The molecule has 1 aliphatic rings. The molecule has 1 saturated heterocycles. The molecule has 0 bridgehead atoms. The molecule has 26 heavy (non-hydrogen) atoms. The molecule has 0 saturated carbocycles. The van der Waals surface area contributed by atoms with Gasteiger partial charge in [0.15, 0.2) is 5.11 Å². The van der Waals surface area contributed by atoms with Gasteiger partial charge in [0.25, 0.3) is 0 Å². The second-order valence-electron chi connectivity index (χ2n) is 7.48. The number of carbonyl (C=O) groups is 1. The molecule has 0 aromatic heterocycles. The largest absolute Gasteiger partial charge is 0.497 e. The van der Waals surface area contributed by atoms with Crippen LogP contribution in [0.3, 0.4) is 0 Å². The van der Waals surface area contributed by atoms with E-state index in [1.54, 1.807) is 14.2 Å². The van der Waals surface area contributed by atoms with E-state index in [9.17, 15) is 4.79 Å². The van der Waals surface area contributed by atoms with Crippen LogP contribution in [-0.2, 0) is 4.79 Å². The van der Waals surface area contributed by atoms with E-state index in [-0.39, 0.29) is 17.4 Å². The Morgan fingerprint density at radius 2 is 1.85 bits per heavy atom. The number of methoxy groups -OCH3 is 2. The molecule has 1 aromatic rings. The fourth-order valence-corrected chi connectivity index (χ4v) is 3.02. The molecule has 0 spiro atoms. The van der Waals surface area contributed by atoms with Gasteiger partial charge in [0.2, 0.25) is 5.91 Å². The predicted molar refractivity (Wildman–Crippen MR) is 108 cm³/mol. The summed E-state index contributed by atoms with van der Waals surface area (Å²) in [5.41, 5.74) is 0.445. The van der Waals surface area contributed by atoms with E-state index in [0.717, 1.165) is 37.4 Å². The van der Waals surface area contributed by atoms with Gasteiger partial charge in [0.1, 0.15) is 11.5 Å². The van der Waals surface area contributed by atoms with Gasteiger partial charge in [-0.25, -0.2) is 0 Å². The number of carbonyl (C=O) groups excluding carboxylic acids is 1. The van der Waals surface area contributed by atoms with Crippen LogP contribution in [0.5, 0.6) is 11.5 Å². The van der Waals surface area contributed by atoms with Gasteiger partial charge in [-0.2, -0.15) is 0 Å². The number of hydrogen-bond donors (Lipinski definition) is 2. The third kappa shape index (κ3) is 5.24. The Balaban J connectivity index is 1.90. The fourth-order valence-electron chi connectivity index (χ4n) is 2.72. The first-order valence-corrected chi connectivity index (χ1v) is 9.24. The van der Waals surface area contributed by atoms with Gasteiger partial charge in [-0.3, -0.25) is 4.79 Å². The van der Waals surface area contributed by atoms with Gasteiger partial charge in [-0.05, 0) is 37.2 Å². The van der Waals surface area contributed by atoms with E-state index in [1.165, 1.54) is 0 Å². The van der Waals surface area contributed by atoms with Gasteiger partial charge in [-0.1, -0.05) is 20.8 Å². The summed E-state index contributed by atoms with van der Waals surface area (Å²) in [7, 11) is 3.24. The Bertz CT molecular complexity index is 650. The highest BCUT2D eigenvalue weighted by Crippen LogP contribution is 2.29. The molecular weight excluding hydrogens is 350 g/mol. The number of benzene rings is 1. The smallest absolute Gasteiger partial charge is 0.225 e. The first-order chi connectivity index (χ1) is 12.2. The summed E-state index contributed by atoms with van der Waals surface area (Å²) in [6.45, 7) is 7.40. The molecule has 2 N–H and O–H groups in total. The van der Waals surface area contributed by atoms with E-state index >= 15 is 0 Å². The first-order valence-electron chi connectivity index (χ1n) is 8.83. The number of ether oxygens (including phenoxy) is 2. The molecule has 144 valence electrons. The molecule has 1 aliphatic heterocycles. The summed E-state index contributed by atoms with van der Waals surface area (Å²) in [5.74, 6) is 1.51. The molecule has 2 rings (SSSR count). The van der Waals surface area contributed by atoms with Crippen LogP contribution in [0.2, 0.25) is 0 Å². The molecule has 1 amide bonds. The lowest BCUT2D eigenvalue weighted by atomic mass is 9.94. The van der Waals surface area contributed by atoms with E-state index in [2.05, 4.69) is 15.5 Å². The Morgan fingerprint density at radius 3 is 2.38 bits per heavy atom. The molecule has 6 nitrogen and oxygen atoms in total. The van der Waals surface area contributed by atoms with Gasteiger partial charge in [0.05, 0.1) is 19.9 Å². The van der Waals surface area contributed by atoms with Crippen molar-refractivity contribution >= 4 is 28.9 Å². The topological polar surface area (TPSA) is 62.8 Å². The molecule has 1 heterocycles. The Hall–Kier alpha value is -2.02. The highest BCUT2D eigenvalue weighted by molar-refractivity contribution is 7.80. The van der Waals surface area contributed by atoms with Crippen molar-refractivity contribution in [2.24, 2.45) is 5.41 Å². The molecule has 0 aliphatic carbocycles. The maximum absolute atomic E-state index is 12.1. The summed E-state index contributed by atoms with van der Waals surface area (Å²) in [6.07, 6.45) is 1.76. The number of nitrogens with one attached hydrogen (secondary N) is 2. The van der Waals surface area contributed by atoms with Crippen LogP contribution >= 0.6 is 12.2 Å². The average molecular weight is 380 g/mol. The van der Waals surface area contributed by atoms with Crippen molar-refractivity contribution in [3.63, 3.8) is 0 Å². The first kappa shape index (κ1) is 20.3. The third-order valence-corrected chi connectivity index (χ3v) is 4.81. The zero-order valence-electron chi connectivity index (χ0n) is 16.2. The number of nitrogens with zero attached hydrogens (tertiary/aromatic N) is 1. The van der Waals surface area contributed by atoms with Crippen LogP contribution < -0.4 is 20.1 Å². The van der Waals surface area contributed by atoms with Gasteiger partial charge < -0.3 is 25.0 Å². The van der Waals surface area contributed by atoms with Crippen LogP contribution in [0.25, 0.3) is 0 Å². The van der Waals surface area contributed by atoms with Crippen LogP contribution in [0, 0.1) is 5.41 Å². The van der Waals surface area contributed by atoms with E-state index in [1.807, 2.05) is 39.0 Å². The lowest BCUT2D eigenvalue weighted by Gasteiger charge is -2.35. The lowest BCUT2D eigenvalue weighted by Crippen LogP contribution is -2.49.